The molecule has 3 nitrogen and oxygen atoms in total. The lowest BCUT2D eigenvalue weighted by molar-refractivity contribution is -0.0109. The van der Waals surface area contributed by atoms with Gasteiger partial charge in [0.05, 0.1) is 5.60 Å². The Morgan fingerprint density at radius 1 is 1.55 bits per heavy atom. The molecule has 0 aromatic heterocycles. The summed E-state index contributed by atoms with van der Waals surface area (Å²) in [5.41, 5.74) is 0.859. The minimum absolute atomic E-state index is 0.110. The third-order valence-corrected chi connectivity index (χ3v) is 4.57. The van der Waals surface area contributed by atoms with Gasteiger partial charge in [0, 0.05) is 16.6 Å². The molecule has 0 radical (unpaired) electrons. The number of carbonyl (C=O) groups is 1. The number of halogens is 1. The monoisotopic (exact) mass is 339 g/mol. The van der Waals surface area contributed by atoms with E-state index in [1.807, 2.05) is 25.1 Å². The highest BCUT2D eigenvalue weighted by atomic mass is 79.9. The number of rotatable bonds is 3. The van der Waals surface area contributed by atoms with E-state index in [9.17, 15) is 9.90 Å². The molecule has 0 aliphatic heterocycles. The summed E-state index contributed by atoms with van der Waals surface area (Å²) in [7, 11) is 0. The zero-order chi connectivity index (χ0) is 14.8. The number of nitrogens with one attached hydrogen (secondary N) is 1. The first-order valence-electron chi connectivity index (χ1n) is 7.16. The van der Waals surface area contributed by atoms with Gasteiger partial charge in [0.1, 0.15) is 0 Å². The number of hydrogen-bond acceptors (Lipinski definition) is 2. The van der Waals surface area contributed by atoms with Crippen LogP contribution in [0.3, 0.4) is 0 Å². The van der Waals surface area contributed by atoms with Crippen LogP contribution in [0.2, 0.25) is 0 Å². The van der Waals surface area contributed by atoms with E-state index in [4.69, 9.17) is 0 Å². The van der Waals surface area contributed by atoms with E-state index < -0.39 is 5.60 Å². The molecule has 2 unspecified atom stereocenters. The van der Waals surface area contributed by atoms with E-state index >= 15 is 0 Å². The highest BCUT2D eigenvalue weighted by Crippen LogP contribution is 2.31. The lowest BCUT2D eigenvalue weighted by atomic mass is 9.79. The summed E-state index contributed by atoms with van der Waals surface area (Å²) in [5, 5.41) is 13.4. The molecule has 2 N–H and O–H groups in total. The summed E-state index contributed by atoms with van der Waals surface area (Å²) in [6.07, 6.45) is 3.75. The highest BCUT2D eigenvalue weighted by molar-refractivity contribution is 9.10. The van der Waals surface area contributed by atoms with E-state index in [2.05, 4.69) is 28.2 Å². The Kier molecular flexibility index (Phi) is 4.86. The Labute approximate surface area is 128 Å². The quantitative estimate of drug-likeness (QED) is 0.886. The van der Waals surface area contributed by atoms with Crippen LogP contribution in [0.5, 0.6) is 0 Å². The van der Waals surface area contributed by atoms with Crippen LogP contribution in [0, 0.1) is 12.8 Å². The summed E-state index contributed by atoms with van der Waals surface area (Å²) in [4.78, 5) is 12.2. The molecular formula is C16H22BrNO2. The molecule has 2 rings (SSSR count). The predicted octanol–water partition coefficient (Wildman–Crippen LogP) is 3.43. The van der Waals surface area contributed by atoms with Crippen molar-refractivity contribution >= 4 is 21.8 Å². The average molecular weight is 340 g/mol. The van der Waals surface area contributed by atoms with Gasteiger partial charge in [-0.15, -0.1) is 0 Å². The fourth-order valence-electron chi connectivity index (χ4n) is 3.01. The number of hydrogen-bond donors (Lipinski definition) is 2. The predicted molar refractivity (Wildman–Crippen MR) is 83.8 cm³/mol. The Morgan fingerprint density at radius 3 is 2.95 bits per heavy atom. The van der Waals surface area contributed by atoms with E-state index in [0.29, 0.717) is 18.0 Å². The first-order valence-corrected chi connectivity index (χ1v) is 7.96. The fourth-order valence-corrected chi connectivity index (χ4v) is 3.49. The average Bonchev–Trinajstić information content (AvgIpc) is 2.36. The maximum Gasteiger partial charge on any atom is 0.251 e. The van der Waals surface area contributed by atoms with Gasteiger partial charge in [-0.25, -0.2) is 0 Å². The van der Waals surface area contributed by atoms with Crippen molar-refractivity contribution < 1.29 is 9.90 Å². The summed E-state index contributed by atoms with van der Waals surface area (Å²) >= 11 is 3.39. The van der Waals surface area contributed by atoms with Crippen molar-refractivity contribution in [3.05, 3.63) is 33.8 Å². The van der Waals surface area contributed by atoms with Gasteiger partial charge < -0.3 is 10.4 Å². The first-order chi connectivity index (χ1) is 9.39. The molecule has 0 spiro atoms. The Hall–Kier alpha value is -0.870. The van der Waals surface area contributed by atoms with Crippen LogP contribution in [-0.2, 0) is 0 Å². The van der Waals surface area contributed by atoms with Gasteiger partial charge >= 0.3 is 0 Å². The summed E-state index contributed by atoms with van der Waals surface area (Å²) in [6, 6.07) is 5.59. The molecule has 1 aromatic rings. The minimum atomic E-state index is -0.739. The maximum absolute atomic E-state index is 12.2. The zero-order valence-electron chi connectivity index (χ0n) is 12.1. The number of carbonyl (C=O) groups excluding carboxylic acids is 1. The molecule has 1 fully saturated rings. The van der Waals surface area contributed by atoms with E-state index in [1.165, 1.54) is 6.42 Å². The molecular weight excluding hydrogens is 318 g/mol. The van der Waals surface area contributed by atoms with Crippen molar-refractivity contribution in [2.75, 3.05) is 6.54 Å². The summed E-state index contributed by atoms with van der Waals surface area (Å²) < 4.78 is 0.964. The van der Waals surface area contributed by atoms with Gasteiger partial charge in [-0.1, -0.05) is 35.7 Å². The molecule has 1 saturated carbocycles. The van der Waals surface area contributed by atoms with Crippen LogP contribution < -0.4 is 5.32 Å². The van der Waals surface area contributed by atoms with Gasteiger partial charge in [-0.3, -0.25) is 4.79 Å². The Bertz CT molecular complexity index is 503. The van der Waals surface area contributed by atoms with Gasteiger partial charge in [0.25, 0.3) is 5.91 Å². The molecule has 0 heterocycles. The minimum Gasteiger partial charge on any atom is -0.388 e. The van der Waals surface area contributed by atoms with Gasteiger partial charge in [0.2, 0.25) is 0 Å². The molecule has 1 aliphatic rings. The molecule has 0 saturated heterocycles. The normalized spacial score (nSPS) is 26.3. The third-order valence-electron chi connectivity index (χ3n) is 4.08. The second-order valence-corrected chi connectivity index (χ2v) is 6.98. The van der Waals surface area contributed by atoms with E-state index in [0.717, 1.165) is 29.3 Å². The standard InChI is InChI=1S/C16H22BrNO2/c1-11-4-3-7-16(20,9-11)10-18-15(19)14-6-5-13(17)8-12(14)2/h5-6,8,11,20H,3-4,7,9-10H2,1-2H3,(H,18,19). The molecule has 110 valence electrons. The number of aryl methyl sites for hydroxylation is 1. The SMILES string of the molecule is Cc1cc(Br)ccc1C(=O)NCC1(O)CCCC(C)C1. The molecule has 2 atom stereocenters. The third kappa shape index (κ3) is 3.83. The molecule has 1 aromatic carbocycles. The van der Waals surface area contributed by atoms with Crippen molar-refractivity contribution in [1.29, 1.82) is 0 Å². The van der Waals surface area contributed by atoms with Crippen molar-refractivity contribution in [2.45, 2.75) is 45.1 Å². The highest BCUT2D eigenvalue weighted by Gasteiger charge is 2.32. The smallest absolute Gasteiger partial charge is 0.251 e. The van der Waals surface area contributed by atoms with Crippen LogP contribution in [0.25, 0.3) is 0 Å². The van der Waals surface area contributed by atoms with Crippen LogP contribution >= 0.6 is 15.9 Å². The van der Waals surface area contributed by atoms with Crippen molar-refractivity contribution in [3.8, 4) is 0 Å². The lowest BCUT2D eigenvalue weighted by Crippen LogP contribution is -2.45. The number of amides is 1. The van der Waals surface area contributed by atoms with E-state index in [-0.39, 0.29) is 5.91 Å². The van der Waals surface area contributed by atoms with Crippen LogP contribution in [0.15, 0.2) is 22.7 Å². The number of aliphatic hydroxyl groups is 1. The molecule has 4 heteroatoms. The van der Waals surface area contributed by atoms with Crippen molar-refractivity contribution in [2.24, 2.45) is 5.92 Å². The van der Waals surface area contributed by atoms with Gasteiger partial charge in [0.15, 0.2) is 0 Å². The largest absolute Gasteiger partial charge is 0.388 e. The zero-order valence-corrected chi connectivity index (χ0v) is 13.7. The Balaban J connectivity index is 1.98. The molecule has 1 amide bonds. The van der Waals surface area contributed by atoms with Gasteiger partial charge in [-0.2, -0.15) is 0 Å². The van der Waals surface area contributed by atoms with Crippen molar-refractivity contribution in [3.63, 3.8) is 0 Å². The summed E-state index contributed by atoms with van der Waals surface area (Å²) in [6.45, 7) is 4.41. The van der Waals surface area contributed by atoms with Crippen LogP contribution in [0.1, 0.15) is 48.5 Å². The molecule has 0 bridgehead atoms. The van der Waals surface area contributed by atoms with Gasteiger partial charge in [-0.05, 0) is 49.4 Å². The van der Waals surface area contributed by atoms with Crippen LogP contribution in [-0.4, -0.2) is 23.2 Å². The second-order valence-electron chi connectivity index (χ2n) is 6.07. The van der Waals surface area contributed by atoms with Crippen LogP contribution in [0.4, 0.5) is 0 Å². The molecule has 20 heavy (non-hydrogen) atoms. The lowest BCUT2D eigenvalue weighted by Gasteiger charge is -2.35. The Morgan fingerprint density at radius 2 is 2.30 bits per heavy atom. The second kappa shape index (κ2) is 6.27. The fraction of sp³-hybridized carbons (Fsp3) is 0.562. The first kappa shape index (κ1) is 15.5. The topological polar surface area (TPSA) is 49.3 Å². The van der Waals surface area contributed by atoms with E-state index in [1.54, 1.807) is 0 Å². The maximum atomic E-state index is 12.2. The number of benzene rings is 1. The molecule has 1 aliphatic carbocycles. The van der Waals surface area contributed by atoms with Crippen molar-refractivity contribution in [1.82, 2.24) is 5.32 Å². The summed E-state index contributed by atoms with van der Waals surface area (Å²) in [5.74, 6) is 0.418.